The molecule has 0 saturated carbocycles. The first-order valence-electron chi connectivity index (χ1n) is 4.41. The molecule has 1 aliphatic rings. The van der Waals surface area contributed by atoms with Gasteiger partial charge >= 0.3 is 0 Å². The number of rotatable bonds is 1. The highest BCUT2D eigenvalue weighted by Gasteiger charge is 2.43. The van der Waals surface area contributed by atoms with Crippen molar-refractivity contribution in [3.8, 4) is 0 Å². The van der Waals surface area contributed by atoms with E-state index in [1.165, 1.54) is 11.8 Å². The fraction of sp³-hybridized carbons (Fsp3) is 0.875. The second-order valence-corrected chi connectivity index (χ2v) is 4.66. The Kier molecular flexibility index (Phi) is 4.75. The molecule has 0 spiro atoms. The summed E-state index contributed by atoms with van der Waals surface area (Å²) in [6.07, 6.45) is -3.63. The third-order valence-electron chi connectivity index (χ3n) is 2.19. The Hall–Kier alpha value is 0.0800. The zero-order chi connectivity index (χ0) is 11.6. The van der Waals surface area contributed by atoms with E-state index in [1.807, 2.05) is 0 Å². The summed E-state index contributed by atoms with van der Waals surface area (Å²) >= 11 is 6.00. The molecule has 88 valence electrons. The minimum absolute atomic E-state index is 0.217. The van der Waals surface area contributed by atoms with Crippen LogP contribution < -0.4 is 0 Å². The molecule has 0 bridgehead atoms. The fourth-order valence-electron chi connectivity index (χ4n) is 1.25. The lowest BCUT2D eigenvalue weighted by Gasteiger charge is -2.38. The Morgan fingerprint density at radius 3 is 2.40 bits per heavy atom. The molecule has 1 heterocycles. The number of aliphatic hydroxyl groups excluding tert-OH is 3. The molecule has 15 heavy (non-hydrogen) atoms. The average molecular weight is 254 g/mol. The molecule has 7 heteroatoms. The van der Waals surface area contributed by atoms with Crippen LogP contribution in [0, 0.1) is 0 Å². The van der Waals surface area contributed by atoms with E-state index in [1.54, 1.807) is 13.2 Å². The number of thiocarbonyl (C=S) groups is 1. The van der Waals surface area contributed by atoms with E-state index in [9.17, 15) is 15.3 Å². The number of hydrogen-bond donors (Lipinski definition) is 3. The highest BCUT2D eigenvalue weighted by Crippen LogP contribution is 2.22. The Morgan fingerprint density at radius 1 is 1.27 bits per heavy atom. The molecule has 1 aliphatic heterocycles. The number of ether oxygens (including phenoxy) is 2. The minimum atomic E-state index is -1.30. The lowest BCUT2D eigenvalue weighted by molar-refractivity contribution is -0.270. The maximum atomic E-state index is 9.54. The molecule has 1 unspecified atom stereocenters. The zero-order valence-electron chi connectivity index (χ0n) is 8.36. The summed E-state index contributed by atoms with van der Waals surface area (Å²) in [7, 11) is 0. The number of aliphatic hydroxyl groups is 3. The normalized spacial score (nSPS) is 41.3. The molecule has 5 atom stereocenters. The smallest absolute Gasteiger partial charge is 0.230 e. The third kappa shape index (κ3) is 3.02. The maximum absolute atomic E-state index is 9.54. The van der Waals surface area contributed by atoms with Crippen LogP contribution in [0.5, 0.6) is 0 Å². The predicted molar refractivity (Wildman–Crippen MR) is 59.6 cm³/mol. The monoisotopic (exact) mass is 254 g/mol. The lowest BCUT2D eigenvalue weighted by atomic mass is 10.0. The van der Waals surface area contributed by atoms with E-state index in [0.29, 0.717) is 0 Å². The van der Waals surface area contributed by atoms with Crippen LogP contribution in [0.1, 0.15) is 6.92 Å². The Bertz CT molecular complexity index is 237. The van der Waals surface area contributed by atoms with Crippen LogP contribution in [0.2, 0.25) is 0 Å². The van der Waals surface area contributed by atoms with Gasteiger partial charge in [-0.15, -0.1) is 0 Å². The molecular formula is C8H14O5S2. The van der Waals surface area contributed by atoms with Crippen molar-refractivity contribution in [3.63, 3.8) is 0 Å². The summed E-state index contributed by atoms with van der Waals surface area (Å²) in [6, 6.07) is 0. The molecule has 0 radical (unpaired) electrons. The van der Waals surface area contributed by atoms with Crippen molar-refractivity contribution >= 4 is 28.4 Å². The Morgan fingerprint density at radius 2 is 1.87 bits per heavy atom. The molecule has 1 saturated heterocycles. The molecule has 0 aromatic heterocycles. The van der Waals surface area contributed by atoms with Crippen molar-refractivity contribution < 1.29 is 24.8 Å². The highest BCUT2D eigenvalue weighted by atomic mass is 32.2. The SMILES string of the molecule is CSC(=S)OC1O[C@@H](C)[C@@H](O)[C@@H](O)[C@@H]1O. The molecule has 0 aromatic carbocycles. The fourth-order valence-corrected chi connectivity index (χ4v) is 1.54. The summed E-state index contributed by atoms with van der Waals surface area (Å²) in [5.41, 5.74) is 0. The van der Waals surface area contributed by atoms with Gasteiger partial charge < -0.3 is 24.8 Å². The standard InChI is InChI=1S/C8H14O5S2/c1-3-4(9)5(10)6(11)7(12-3)13-8(14)15-2/h3-7,9-11H,1-2H3/t3-,4+,5+,6-,7?/m0/s1. The van der Waals surface area contributed by atoms with Gasteiger partial charge in [-0.2, -0.15) is 0 Å². The number of hydrogen-bond acceptors (Lipinski definition) is 7. The molecule has 5 nitrogen and oxygen atoms in total. The van der Waals surface area contributed by atoms with Crippen LogP contribution in [0.4, 0.5) is 0 Å². The van der Waals surface area contributed by atoms with E-state index >= 15 is 0 Å². The first-order valence-corrected chi connectivity index (χ1v) is 6.05. The van der Waals surface area contributed by atoms with Gasteiger partial charge in [0, 0.05) is 0 Å². The van der Waals surface area contributed by atoms with Crippen LogP contribution in [-0.4, -0.2) is 56.7 Å². The van der Waals surface area contributed by atoms with Crippen LogP contribution in [-0.2, 0) is 9.47 Å². The van der Waals surface area contributed by atoms with Crippen LogP contribution in [0.25, 0.3) is 0 Å². The lowest BCUT2D eigenvalue weighted by Crippen LogP contribution is -2.57. The van der Waals surface area contributed by atoms with Crippen molar-refractivity contribution in [1.29, 1.82) is 0 Å². The largest absolute Gasteiger partial charge is 0.446 e. The third-order valence-corrected chi connectivity index (χ3v) is 3.21. The van der Waals surface area contributed by atoms with Gasteiger partial charge in [0.15, 0.2) is 0 Å². The van der Waals surface area contributed by atoms with Crippen molar-refractivity contribution in [2.45, 2.75) is 37.6 Å². The molecule has 3 N–H and O–H groups in total. The van der Waals surface area contributed by atoms with Gasteiger partial charge in [-0.25, -0.2) is 0 Å². The molecule has 0 aromatic rings. The Labute approximate surface area is 97.4 Å². The summed E-state index contributed by atoms with van der Waals surface area (Å²) in [5.74, 6) is 0. The van der Waals surface area contributed by atoms with Crippen molar-refractivity contribution in [2.24, 2.45) is 0 Å². The molecular weight excluding hydrogens is 240 g/mol. The summed E-state index contributed by atoms with van der Waals surface area (Å²) in [5, 5.41) is 28.4. The maximum Gasteiger partial charge on any atom is 0.230 e. The first-order chi connectivity index (χ1) is 6.97. The van der Waals surface area contributed by atoms with Crippen LogP contribution in [0.3, 0.4) is 0 Å². The van der Waals surface area contributed by atoms with Gasteiger partial charge in [0.1, 0.15) is 18.3 Å². The second kappa shape index (κ2) is 5.42. The molecule has 0 aliphatic carbocycles. The van der Waals surface area contributed by atoms with Gasteiger partial charge in [-0.05, 0) is 25.4 Å². The Balaban J connectivity index is 2.62. The summed E-state index contributed by atoms with van der Waals surface area (Å²) in [4.78, 5) is 0. The molecule has 1 rings (SSSR count). The van der Waals surface area contributed by atoms with Gasteiger partial charge in [-0.1, -0.05) is 11.8 Å². The van der Waals surface area contributed by atoms with E-state index in [-0.39, 0.29) is 4.38 Å². The minimum Gasteiger partial charge on any atom is -0.446 e. The average Bonchev–Trinajstić information content (AvgIpc) is 2.22. The van der Waals surface area contributed by atoms with Gasteiger partial charge in [-0.3, -0.25) is 0 Å². The zero-order valence-corrected chi connectivity index (χ0v) is 9.99. The summed E-state index contributed by atoms with van der Waals surface area (Å²) in [6.45, 7) is 1.58. The number of thioether (sulfide) groups is 1. The topological polar surface area (TPSA) is 79.2 Å². The van der Waals surface area contributed by atoms with Crippen molar-refractivity contribution in [2.75, 3.05) is 6.26 Å². The van der Waals surface area contributed by atoms with E-state index in [0.717, 1.165) is 0 Å². The highest BCUT2D eigenvalue weighted by molar-refractivity contribution is 8.22. The van der Waals surface area contributed by atoms with Gasteiger partial charge in [0.25, 0.3) is 0 Å². The van der Waals surface area contributed by atoms with Crippen LogP contribution in [0.15, 0.2) is 0 Å². The van der Waals surface area contributed by atoms with E-state index < -0.39 is 30.7 Å². The van der Waals surface area contributed by atoms with E-state index in [2.05, 4.69) is 0 Å². The quantitative estimate of drug-likeness (QED) is 0.543. The van der Waals surface area contributed by atoms with Crippen LogP contribution >= 0.6 is 24.0 Å². The molecule has 1 fully saturated rings. The summed E-state index contributed by atoms with van der Waals surface area (Å²) < 4.78 is 10.5. The van der Waals surface area contributed by atoms with E-state index in [4.69, 9.17) is 21.7 Å². The van der Waals surface area contributed by atoms with Crippen molar-refractivity contribution in [1.82, 2.24) is 0 Å². The molecule has 0 amide bonds. The predicted octanol–water partition coefficient (Wildman–Crippen LogP) is -0.522. The van der Waals surface area contributed by atoms with Gasteiger partial charge in [0.05, 0.1) is 6.10 Å². The van der Waals surface area contributed by atoms with Crippen molar-refractivity contribution in [3.05, 3.63) is 0 Å². The van der Waals surface area contributed by atoms with Gasteiger partial charge in [0.2, 0.25) is 10.7 Å². The second-order valence-electron chi connectivity index (χ2n) is 3.25. The first kappa shape index (κ1) is 13.1.